The van der Waals surface area contributed by atoms with Crippen molar-refractivity contribution < 1.29 is 25.2 Å². The van der Waals surface area contributed by atoms with Gasteiger partial charge in [0.05, 0.1) is 5.56 Å². The molecule has 5 heteroatoms. The van der Waals surface area contributed by atoms with Gasteiger partial charge in [0.25, 0.3) is 0 Å². The van der Waals surface area contributed by atoms with E-state index in [9.17, 15) is 20.1 Å². The van der Waals surface area contributed by atoms with Crippen LogP contribution in [0.15, 0.2) is 35.4 Å². The molecule has 0 aliphatic carbocycles. The molecule has 5 nitrogen and oxygen atoms in total. The Morgan fingerprint density at radius 2 is 1.86 bits per heavy atom. The second kappa shape index (κ2) is 7.66. The summed E-state index contributed by atoms with van der Waals surface area (Å²) < 4.78 is 0. The predicted molar refractivity (Wildman–Crippen MR) is 84.1 cm³/mol. The summed E-state index contributed by atoms with van der Waals surface area (Å²) in [7, 11) is 0. The topological polar surface area (TPSA) is 98.0 Å². The Morgan fingerprint density at radius 3 is 2.41 bits per heavy atom. The summed E-state index contributed by atoms with van der Waals surface area (Å²) in [5, 5.41) is 38.7. The highest BCUT2D eigenvalue weighted by Gasteiger charge is 2.22. The first kappa shape index (κ1) is 17.8. The molecule has 0 aromatic heterocycles. The van der Waals surface area contributed by atoms with Crippen LogP contribution in [0.25, 0.3) is 0 Å². The van der Waals surface area contributed by atoms with Gasteiger partial charge >= 0.3 is 5.97 Å². The van der Waals surface area contributed by atoms with E-state index in [0.717, 1.165) is 24.1 Å². The lowest BCUT2D eigenvalue weighted by Gasteiger charge is -2.14. The van der Waals surface area contributed by atoms with Crippen molar-refractivity contribution in [2.45, 2.75) is 39.7 Å². The zero-order valence-electron chi connectivity index (χ0n) is 13.0. The number of carboxylic acids is 1. The van der Waals surface area contributed by atoms with Gasteiger partial charge in [0.2, 0.25) is 0 Å². The average molecular weight is 306 g/mol. The van der Waals surface area contributed by atoms with E-state index in [1.807, 2.05) is 20.8 Å². The monoisotopic (exact) mass is 306 g/mol. The first-order valence-corrected chi connectivity index (χ1v) is 7.00. The number of aromatic hydroxyl groups is 2. The predicted octanol–water partition coefficient (Wildman–Crippen LogP) is 3.52. The van der Waals surface area contributed by atoms with E-state index in [0.29, 0.717) is 6.42 Å². The van der Waals surface area contributed by atoms with Gasteiger partial charge in [0.15, 0.2) is 11.5 Å². The maximum Gasteiger partial charge on any atom is 0.336 e. The molecule has 120 valence electrons. The van der Waals surface area contributed by atoms with Crippen LogP contribution in [0.4, 0.5) is 0 Å². The van der Waals surface area contributed by atoms with Crippen molar-refractivity contribution in [2.24, 2.45) is 0 Å². The van der Waals surface area contributed by atoms with Gasteiger partial charge in [-0.15, -0.1) is 0 Å². The van der Waals surface area contributed by atoms with E-state index in [4.69, 9.17) is 5.11 Å². The minimum absolute atomic E-state index is 0.200. The van der Waals surface area contributed by atoms with Crippen LogP contribution in [0.2, 0.25) is 0 Å². The first-order chi connectivity index (χ1) is 10.2. The second-order valence-corrected chi connectivity index (χ2v) is 5.48. The van der Waals surface area contributed by atoms with E-state index >= 15 is 0 Å². The summed E-state index contributed by atoms with van der Waals surface area (Å²) in [5.41, 5.74) is 1.63. The molecular weight excluding hydrogens is 284 g/mol. The van der Waals surface area contributed by atoms with Crippen molar-refractivity contribution in [3.8, 4) is 11.5 Å². The number of phenols is 2. The lowest BCUT2D eigenvalue weighted by Crippen LogP contribution is -2.06. The number of carboxylic acid groups (broad SMARTS) is 1. The van der Waals surface area contributed by atoms with E-state index < -0.39 is 23.6 Å². The van der Waals surface area contributed by atoms with Crippen LogP contribution in [0.1, 0.15) is 55.6 Å². The molecule has 0 bridgehead atoms. The highest BCUT2D eigenvalue weighted by atomic mass is 16.4. The third-order valence-corrected chi connectivity index (χ3v) is 3.26. The molecule has 1 unspecified atom stereocenters. The molecule has 0 spiro atoms. The average Bonchev–Trinajstić information content (AvgIpc) is 2.40. The largest absolute Gasteiger partial charge is 0.504 e. The summed E-state index contributed by atoms with van der Waals surface area (Å²) >= 11 is 0. The fourth-order valence-corrected chi connectivity index (χ4v) is 2.11. The fraction of sp³-hybridized carbons (Fsp3) is 0.353. The molecule has 4 N–H and O–H groups in total. The molecule has 1 atom stereocenters. The fourth-order valence-electron chi connectivity index (χ4n) is 2.11. The first-order valence-electron chi connectivity index (χ1n) is 7.00. The third-order valence-electron chi connectivity index (χ3n) is 3.26. The Morgan fingerprint density at radius 1 is 1.23 bits per heavy atom. The molecule has 1 aromatic rings. The molecule has 0 radical (unpaired) electrons. The number of aromatic carboxylic acids is 1. The van der Waals surface area contributed by atoms with Crippen molar-refractivity contribution in [1.82, 2.24) is 0 Å². The number of benzene rings is 1. The number of carbonyl (C=O) groups is 1. The standard InChI is InChI=1S/C17H22O5/c1-10(2)5-4-6-11(3)9-14(19)15-12(17(21)22)7-8-13(18)16(15)20/h5,7-9,14,18-20H,4,6H2,1-3H3,(H,21,22)/b11-9+. The molecule has 1 rings (SSSR count). The zero-order chi connectivity index (χ0) is 16.9. The van der Waals surface area contributed by atoms with Crippen molar-refractivity contribution in [1.29, 1.82) is 0 Å². The summed E-state index contributed by atoms with van der Waals surface area (Å²) in [6.07, 6.45) is 3.78. The van der Waals surface area contributed by atoms with Crippen LogP contribution in [0.5, 0.6) is 11.5 Å². The quantitative estimate of drug-likeness (QED) is 0.476. The Labute approximate surface area is 129 Å². The Hall–Kier alpha value is -2.27. The number of aliphatic hydroxyl groups is 1. The number of hydrogen-bond acceptors (Lipinski definition) is 4. The van der Waals surface area contributed by atoms with Gasteiger partial charge in [0, 0.05) is 5.56 Å². The highest BCUT2D eigenvalue weighted by Crippen LogP contribution is 2.36. The maximum absolute atomic E-state index is 11.2. The van der Waals surface area contributed by atoms with Crippen molar-refractivity contribution in [2.75, 3.05) is 0 Å². The zero-order valence-corrected chi connectivity index (χ0v) is 13.0. The van der Waals surface area contributed by atoms with Gasteiger partial charge < -0.3 is 20.4 Å². The Kier molecular flexibility index (Phi) is 6.19. The third kappa shape index (κ3) is 4.63. The van der Waals surface area contributed by atoms with Gasteiger partial charge in [0.1, 0.15) is 6.10 Å². The minimum Gasteiger partial charge on any atom is -0.504 e. The lowest BCUT2D eigenvalue weighted by atomic mass is 9.98. The minimum atomic E-state index is -1.30. The second-order valence-electron chi connectivity index (χ2n) is 5.48. The van der Waals surface area contributed by atoms with Crippen LogP contribution in [0.3, 0.4) is 0 Å². The van der Waals surface area contributed by atoms with Crippen LogP contribution in [0, 0.1) is 0 Å². The van der Waals surface area contributed by atoms with E-state index in [1.165, 1.54) is 11.6 Å². The molecule has 0 heterocycles. The molecular formula is C17H22O5. The summed E-state index contributed by atoms with van der Waals surface area (Å²) in [6.45, 7) is 5.82. The molecule has 0 aliphatic heterocycles. The highest BCUT2D eigenvalue weighted by molar-refractivity contribution is 5.91. The molecule has 0 saturated heterocycles. The van der Waals surface area contributed by atoms with Crippen LogP contribution >= 0.6 is 0 Å². The smallest absolute Gasteiger partial charge is 0.336 e. The van der Waals surface area contributed by atoms with E-state index in [2.05, 4.69) is 6.08 Å². The summed E-state index contributed by atoms with van der Waals surface area (Å²) in [5.74, 6) is -2.35. The van der Waals surface area contributed by atoms with Gasteiger partial charge in [-0.25, -0.2) is 4.79 Å². The van der Waals surface area contributed by atoms with E-state index in [1.54, 1.807) is 0 Å². The summed E-state index contributed by atoms with van der Waals surface area (Å²) in [6, 6.07) is 2.24. The number of rotatable bonds is 6. The van der Waals surface area contributed by atoms with Crippen molar-refractivity contribution in [3.05, 3.63) is 46.6 Å². The molecule has 22 heavy (non-hydrogen) atoms. The molecule has 1 aromatic carbocycles. The molecule has 0 aliphatic rings. The van der Waals surface area contributed by atoms with Crippen LogP contribution in [-0.4, -0.2) is 26.4 Å². The lowest BCUT2D eigenvalue weighted by molar-refractivity contribution is 0.0690. The number of phenolic OH excluding ortho intramolecular Hbond substituents is 2. The van der Waals surface area contributed by atoms with Gasteiger partial charge in [-0.2, -0.15) is 0 Å². The molecule has 0 saturated carbocycles. The van der Waals surface area contributed by atoms with Crippen LogP contribution in [-0.2, 0) is 0 Å². The SMILES string of the molecule is CC(C)=CCC/C(C)=C/C(O)c1c(C(=O)O)ccc(O)c1O. The Balaban J connectivity index is 3.07. The number of aliphatic hydroxyl groups excluding tert-OH is 1. The molecule has 0 amide bonds. The van der Waals surface area contributed by atoms with Gasteiger partial charge in [-0.05, 0) is 45.7 Å². The maximum atomic E-state index is 11.2. The van der Waals surface area contributed by atoms with Crippen molar-refractivity contribution >= 4 is 5.97 Å². The van der Waals surface area contributed by atoms with Gasteiger partial charge in [-0.1, -0.05) is 23.3 Å². The van der Waals surface area contributed by atoms with E-state index in [-0.39, 0.29) is 11.1 Å². The molecule has 0 fully saturated rings. The van der Waals surface area contributed by atoms with Crippen molar-refractivity contribution in [3.63, 3.8) is 0 Å². The normalized spacial score (nSPS) is 12.8. The Bertz CT molecular complexity index is 610. The summed E-state index contributed by atoms with van der Waals surface area (Å²) in [4.78, 5) is 11.2. The number of hydrogen-bond donors (Lipinski definition) is 4. The van der Waals surface area contributed by atoms with Crippen LogP contribution < -0.4 is 0 Å². The number of allylic oxidation sites excluding steroid dienone is 3. The van der Waals surface area contributed by atoms with Gasteiger partial charge in [-0.3, -0.25) is 0 Å².